The molecule has 0 bridgehead atoms. The summed E-state index contributed by atoms with van der Waals surface area (Å²) in [6.45, 7) is 6.81. The van der Waals surface area contributed by atoms with Crippen molar-refractivity contribution in [3.8, 4) is 0 Å². The highest BCUT2D eigenvalue weighted by Gasteiger charge is 2.30. The number of carbonyl (C=O) groups is 2. The van der Waals surface area contributed by atoms with E-state index in [4.69, 9.17) is 13.8 Å². The fraction of sp³-hybridized carbons (Fsp3) is 0.705. The van der Waals surface area contributed by atoms with Crippen LogP contribution in [0.5, 0.6) is 0 Å². The number of hydrogen-bond donors (Lipinski definition) is 2. The predicted molar refractivity (Wildman–Crippen MR) is 304 cm³/mol. The Morgan fingerprint density at radius 1 is 0.507 bits per heavy atom. The van der Waals surface area contributed by atoms with E-state index >= 15 is 0 Å². The van der Waals surface area contributed by atoms with Crippen LogP contribution in [0.4, 0.5) is 0 Å². The zero-order valence-corrected chi connectivity index (χ0v) is 47.3. The Morgan fingerprint density at radius 2 is 0.915 bits per heavy atom. The number of hydrogen-bond acceptors (Lipinski definition) is 6. The molecule has 0 saturated carbocycles. The topological polar surface area (TPSA) is 111 Å². The standard InChI is InChI=1S/C61H107N2O7P/c1-7-10-13-16-19-22-25-27-29-30-31-32-34-36-39-42-45-48-51-54-61(65)70-59(52-49-46-43-40-37-24-21-18-15-12-9-3)58(57-69-71(66,67)68-56-55-63(4,5)6)62-60(64)53-50-47-44-41-38-35-33-28-26-23-20-17-14-11-8-2/h10,13,19,22-23,26-27,29,31-32,36,39,45,48-49,52,58-59H,7-9,11-12,14-18,20-21,24-25,28,30,33-35,37-38,40-44,46-47,50-51,53-57H2,1-6H3,(H-,62,64,66,67)/p+1/b13-10-,22-19-,26-23-,29-27-,32-31-,39-36-,48-45-,52-49+. The van der Waals surface area contributed by atoms with Gasteiger partial charge in [0.05, 0.1) is 33.8 Å². The van der Waals surface area contributed by atoms with Crippen LogP contribution in [0, 0.1) is 0 Å². The number of likely N-dealkylation sites (N-methyl/N-ethyl adjacent to an activating group) is 1. The van der Waals surface area contributed by atoms with E-state index in [0.29, 0.717) is 23.9 Å². The van der Waals surface area contributed by atoms with Crippen molar-refractivity contribution in [2.75, 3.05) is 40.9 Å². The van der Waals surface area contributed by atoms with Crippen molar-refractivity contribution in [2.45, 2.75) is 238 Å². The SMILES string of the molecule is CC/C=C\C/C=C\C/C=C\C/C=C\C/C=C\C/C=C\CCC(=O)OC(/C=C/CCCCCCCCCCC)C(COP(=O)(O)OCC[N+](C)(C)C)NC(=O)CCCCCCCCC/C=C\CCCCCC. The van der Waals surface area contributed by atoms with E-state index in [2.05, 4.69) is 99.0 Å². The molecule has 0 spiro atoms. The number of ether oxygens (including phenoxy) is 1. The molecule has 71 heavy (non-hydrogen) atoms. The van der Waals surface area contributed by atoms with E-state index in [1.807, 2.05) is 45.4 Å². The summed E-state index contributed by atoms with van der Waals surface area (Å²) in [6, 6.07) is -0.885. The summed E-state index contributed by atoms with van der Waals surface area (Å²) >= 11 is 0. The number of allylic oxidation sites excluding steroid dienone is 15. The number of amides is 1. The lowest BCUT2D eigenvalue weighted by Crippen LogP contribution is -2.47. The lowest BCUT2D eigenvalue weighted by atomic mass is 10.1. The van der Waals surface area contributed by atoms with Gasteiger partial charge in [0.1, 0.15) is 19.3 Å². The molecule has 10 heteroatoms. The van der Waals surface area contributed by atoms with Gasteiger partial charge in [-0.05, 0) is 96.0 Å². The molecule has 0 heterocycles. The molecule has 0 aliphatic heterocycles. The Labute approximate surface area is 437 Å². The zero-order valence-electron chi connectivity index (χ0n) is 46.4. The van der Waals surface area contributed by atoms with E-state index in [0.717, 1.165) is 89.9 Å². The Kier molecular flexibility index (Phi) is 48.3. The van der Waals surface area contributed by atoms with Gasteiger partial charge in [-0.2, -0.15) is 0 Å². The Hall–Kier alpha value is -3.07. The van der Waals surface area contributed by atoms with Gasteiger partial charge in [0.15, 0.2) is 0 Å². The van der Waals surface area contributed by atoms with Crippen molar-refractivity contribution in [1.29, 1.82) is 0 Å². The monoisotopic (exact) mass is 1010 g/mol. The second-order valence-electron chi connectivity index (χ2n) is 20.1. The first-order chi connectivity index (χ1) is 34.4. The summed E-state index contributed by atoms with van der Waals surface area (Å²) < 4.78 is 30.5. The van der Waals surface area contributed by atoms with E-state index < -0.39 is 25.9 Å². The van der Waals surface area contributed by atoms with Crippen LogP contribution in [0.2, 0.25) is 0 Å². The first-order valence-corrected chi connectivity index (χ1v) is 30.1. The number of carbonyl (C=O) groups excluding carboxylic acids is 2. The summed E-state index contributed by atoms with van der Waals surface area (Å²) in [5.74, 6) is -0.614. The van der Waals surface area contributed by atoms with Gasteiger partial charge < -0.3 is 19.4 Å². The highest BCUT2D eigenvalue weighted by Crippen LogP contribution is 2.43. The van der Waals surface area contributed by atoms with Crippen LogP contribution < -0.4 is 5.32 Å². The largest absolute Gasteiger partial charge is 0.472 e. The van der Waals surface area contributed by atoms with Gasteiger partial charge in [-0.1, -0.05) is 215 Å². The van der Waals surface area contributed by atoms with E-state index in [9.17, 15) is 19.0 Å². The molecule has 0 radical (unpaired) electrons. The number of phosphoric ester groups is 1. The summed E-state index contributed by atoms with van der Waals surface area (Å²) in [6.07, 6.45) is 67.0. The van der Waals surface area contributed by atoms with Crippen molar-refractivity contribution in [3.05, 3.63) is 97.2 Å². The summed E-state index contributed by atoms with van der Waals surface area (Å²) in [5.41, 5.74) is 0. The molecule has 2 N–H and O–H groups in total. The molecule has 9 nitrogen and oxygen atoms in total. The lowest BCUT2D eigenvalue weighted by molar-refractivity contribution is -0.870. The fourth-order valence-electron chi connectivity index (χ4n) is 7.61. The van der Waals surface area contributed by atoms with Crippen molar-refractivity contribution >= 4 is 19.7 Å². The minimum absolute atomic E-state index is 0.0240. The number of nitrogens with zero attached hydrogens (tertiary/aromatic N) is 1. The molecular formula is C61H108N2O7P+. The first kappa shape index (κ1) is 67.9. The predicted octanol–water partition coefficient (Wildman–Crippen LogP) is 17.2. The molecule has 0 aliphatic rings. The Balaban J connectivity index is 5.45. The van der Waals surface area contributed by atoms with Crippen LogP contribution in [0.25, 0.3) is 0 Å². The van der Waals surface area contributed by atoms with Crippen molar-refractivity contribution in [2.24, 2.45) is 0 Å². The normalized spacial score (nSPS) is 14.5. The van der Waals surface area contributed by atoms with Gasteiger partial charge in [0, 0.05) is 12.8 Å². The van der Waals surface area contributed by atoms with Gasteiger partial charge in [-0.25, -0.2) is 4.57 Å². The van der Waals surface area contributed by atoms with Crippen molar-refractivity contribution in [3.63, 3.8) is 0 Å². The Bertz CT molecular complexity index is 1540. The molecule has 0 fully saturated rings. The minimum atomic E-state index is -4.46. The maximum atomic E-state index is 13.5. The third kappa shape index (κ3) is 51.6. The summed E-state index contributed by atoms with van der Waals surface area (Å²) in [5, 5.41) is 3.02. The van der Waals surface area contributed by atoms with Crippen LogP contribution in [0.3, 0.4) is 0 Å². The van der Waals surface area contributed by atoms with E-state index in [1.54, 1.807) is 0 Å². The number of nitrogens with one attached hydrogen (secondary N) is 1. The average Bonchev–Trinajstić information content (AvgIpc) is 3.33. The van der Waals surface area contributed by atoms with E-state index in [1.165, 1.54) is 96.3 Å². The fourth-order valence-corrected chi connectivity index (χ4v) is 8.34. The summed E-state index contributed by atoms with van der Waals surface area (Å²) in [4.78, 5) is 37.5. The van der Waals surface area contributed by atoms with Gasteiger partial charge in [0.2, 0.25) is 5.91 Å². The third-order valence-electron chi connectivity index (χ3n) is 12.0. The molecule has 0 aromatic rings. The molecule has 1 amide bonds. The number of esters is 1. The molecule has 408 valence electrons. The van der Waals surface area contributed by atoms with Gasteiger partial charge in [0.25, 0.3) is 0 Å². The summed E-state index contributed by atoms with van der Waals surface area (Å²) in [7, 11) is 1.44. The van der Waals surface area contributed by atoms with Gasteiger partial charge >= 0.3 is 13.8 Å². The first-order valence-electron chi connectivity index (χ1n) is 28.6. The molecule has 0 aromatic heterocycles. The maximum Gasteiger partial charge on any atom is 0.472 e. The molecule has 3 atom stereocenters. The van der Waals surface area contributed by atoms with Crippen molar-refractivity contribution in [1.82, 2.24) is 5.32 Å². The quantitative estimate of drug-likeness (QED) is 0.0205. The highest BCUT2D eigenvalue weighted by molar-refractivity contribution is 7.47. The molecule has 0 aromatic carbocycles. The number of phosphoric acid groups is 1. The molecule has 0 rings (SSSR count). The van der Waals surface area contributed by atoms with Crippen LogP contribution in [0.1, 0.15) is 226 Å². The maximum absolute atomic E-state index is 13.5. The number of rotatable bonds is 50. The van der Waals surface area contributed by atoms with E-state index in [-0.39, 0.29) is 25.5 Å². The smallest absolute Gasteiger partial charge is 0.456 e. The third-order valence-corrected chi connectivity index (χ3v) is 13.0. The highest BCUT2D eigenvalue weighted by atomic mass is 31.2. The second-order valence-corrected chi connectivity index (χ2v) is 21.5. The van der Waals surface area contributed by atoms with Gasteiger partial charge in [-0.3, -0.25) is 18.6 Å². The molecule has 3 unspecified atom stereocenters. The number of unbranched alkanes of at least 4 members (excludes halogenated alkanes) is 20. The van der Waals surface area contributed by atoms with Gasteiger partial charge in [-0.15, -0.1) is 0 Å². The molecular weight excluding hydrogens is 904 g/mol. The van der Waals surface area contributed by atoms with Crippen LogP contribution in [-0.4, -0.2) is 74.3 Å². The number of quaternary nitrogens is 1. The average molecular weight is 1010 g/mol. The van der Waals surface area contributed by atoms with Crippen LogP contribution >= 0.6 is 7.82 Å². The zero-order chi connectivity index (χ0) is 52.2. The van der Waals surface area contributed by atoms with Crippen LogP contribution in [0.15, 0.2) is 97.2 Å². The Morgan fingerprint density at radius 3 is 1.39 bits per heavy atom. The molecule has 0 aliphatic carbocycles. The minimum Gasteiger partial charge on any atom is -0.456 e. The second kappa shape index (κ2) is 50.5. The van der Waals surface area contributed by atoms with Crippen LogP contribution in [-0.2, 0) is 27.9 Å². The lowest BCUT2D eigenvalue weighted by Gasteiger charge is -2.27. The van der Waals surface area contributed by atoms with Crippen molar-refractivity contribution < 1.29 is 37.3 Å². The molecule has 0 saturated heterocycles.